The van der Waals surface area contributed by atoms with E-state index in [0.717, 1.165) is 24.0 Å². The molecule has 3 heteroatoms. The average Bonchev–Trinajstić information content (AvgIpc) is 2.31. The molecule has 0 fully saturated rings. The van der Waals surface area contributed by atoms with Crippen LogP contribution in [-0.2, 0) is 0 Å². The van der Waals surface area contributed by atoms with Gasteiger partial charge in [0.15, 0.2) is 0 Å². The SMILES string of the molecule is CCC[C@H](NNC(=O)c1cc(C)cc(C)c1)C(C)(C)C. The Kier molecular flexibility index (Phi) is 5.75. The van der Waals surface area contributed by atoms with Gasteiger partial charge in [-0.15, -0.1) is 0 Å². The lowest BCUT2D eigenvalue weighted by Crippen LogP contribution is -2.50. The number of benzene rings is 1. The lowest BCUT2D eigenvalue weighted by molar-refractivity contribution is 0.0904. The van der Waals surface area contributed by atoms with E-state index < -0.39 is 0 Å². The number of hydrogen-bond donors (Lipinski definition) is 2. The van der Waals surface area contributed by atoms with Gasteiger partial charge < -0.3 is 0 Å². The Morgan fingerprint density at radius 3 is 2.15 bits per heavy atom. The number of carbonyl (C=O) groups excluding carboxylic acids is 1. The second kappa shape index (κ2) is 6.89. The summed E-state index contributed by atoms with van der Waals surface area (Å²) in [5.74, 6) is -0.0675. The minimum atomic E-state index is -0.0675. The van der Waals surface area contributed by atoms with E-state index >= 15 is 0 Å². The highest BCUT2D eigenvalue weighted by molar-refractivity contribution is 5.94. The summed E-state index contributed by atoms with van der Waals surface area (Å²) in [7, 11) is 0. The third kappa shape index (κ3) is 4.97. The molecule has 0 aliphatic carbocycles. The molecular weight excluding hydrogens is 248 g/mol. The van der Waals surface area contributed by atoms with Crippen molar-refractivity contribution in [3.05, 3.63) is 34.9 Å². The van der Waals surface area contributed by atoms with Crippen molar-refractivity contribution in [3.63, 3.8) is 0 Å². The maximum atomic E-state index is 12.2. The Bertz CT molecular complexity index is 440. The van der Waals surface area contributed by atoms with Crippen LogP contribution in [0.15, 0.2) is 18.2 Å². The molecule has 0 unspecified atom stereocenters. The smallest absolute Gasteiger partial charge is 0.265 e. The summed E-state index contributed by atoms with van der Waals surface area (Å²) in [5.41, 5.74) is 9.09. The predicted octanol–water partition coefficient (Wildman–Crippen LogP) is 3.75. The highest BCUT2D eigenvalue weighted by Crippen LogP contribution is 2.22. The van der Waals surface area contributed by atoms with Crippen molar-refractivity contribution in [1.29, 1.82) is 0 Å². The molecule has 0 aliphatic heterocycles. The van der Waals surface area contributed by atoms with Gasteiger partial charge in [-0.1, -0.05) is 51.3 Å². The molecule has 0 spiro atoms. The summed E-state index contributed by atoms with van der Waals surface area (Å²) in [4.78, 5) is 12.2. The molecular formula is C17H28N2O. The first-order valence-electron chi connectivity index (χ1n) is 7.38. The van der Waals surface area contributed by atoms with Gasteiger partial charge in [0.2, 0.25) is 0 Å². The van der Waals surface area contributed by atoms with Crippen LogP contribution in [-0.4, -0.2) is 11.9 Å². The van der Waals surface area contributed by atoms with Gasteiger partial charge in [0.1, 0.15) is 0 Å². The molecule has 2 N–H and O–H groups in total. The third-order valence-electron chi connectivity index (χ3n) is 3.47. The maximum Gasteiger partial charge on any atom is 0.265 e. The van der Waals surface area contributed by atoms with Crippen LogP contribution in [0.25, 0.3) is 0 Å². The summed E-state index contributed by atoms with van der Waals surface area (Å²) in [6, 6.07) is 6.16. The fourth-order valence-electron chi connectivity index (χ4n) is 2.34. The molecule has 1 rings (SSSR count). The molecule has 20 heavy (non-hydrogen) atoms. The van der Waals surface area contributed by atoms with Crippen LogP contribution in [0.5, 0.6) is 0 Å². The first kappa shape index (κ1) is 16.7. The number of amides is 1. The van der Waals surface area contributed by atoms with Crippen LogP contribution in [0.2, 0.25) is 0 Å². The highest BCUT2D eigenvalue weighted by Gasteiger charge is 2.24. The molecule has 0 radical (unpaired) electrons. The second-order valence-corrected chi connectivity index (χ2v) is 6.68. The van der Waals surface area contributed by atoms with Crippen LogP contribution in [0, 0.1) is 19.3 Å². The lowest BCUT2D eigenvalue weighted by atomic mass is 9.84. The van der Waals surface area contributed by atoms with E-state index in [1.165, 1.54) is 0 Å². The Labute approximate surface area is 123 Å². The fraction of sp³-hybridized carbons (Fsp3) is 0.588. The molecule has 1 amide bonds. The van der Waals surface area contributed by atoms with Crippen LogP contribution >= 0.6 is 0 Å². The van der Waals surface area contributed by atoms with E-state index in [4.69, 9.17) is 0 Å². The molecule has 1 aromatic carbocycles. The van der Waals surface area contributed by atoms with Gasteiger partial charge in [0.25, 0.3) is 5.91 Å². The first-order valence-corrected chi connectivity index (χ1v) is 7.38. The van der Waals surface area contributed by atoms with Crippen molar-refractivity contribution in [3.8, 4) is 0 Å². The zero-order chi connectivity index (χ0) is 15.3. The molecule has 3 nitrogen and oxygen atoms in total. The maximum absolute atomic E-state index is 12.2. The normalized spacial score (nSPS) is 13.1. The van der Waals surface area contributed by atoms with Gasteiger partial charge in [0, 0.05) is 11.6 Å². The highest BCUT2D eigenvalue weighted by atomic mass is 16.2. The zero-order valence-electron chi connectivity index (χ0n) is 13.6. The molecule has 0 aromatic heterocycles. The molecule has 0 saturated carbocycles. The van der Waals surface area contributed by atoms with Crippen LogP contribution in [0.1, 0.15) is 62.0 Å². The van der Waals surface area contributed by atoms with Crippen LogP contribution in [0.4, 0.5) is 0 Å². The van der Waals surface area contributed by atoms with E-state index in [-0.39, 0.29) is 17.4 Å². The number of rotatable bonds is 5. The van der Waals surface area contributed by atoms with Gasteiger partial charge in [-0.25, -0.2) is 5.43 Å². The molecule has 1 aromatic rings. The Balaban J connectivity index is 2.70. The zero-order valence-corrected chi connectivity index (χ0v) is 13.6. The summed E-state index contributed by atoms with van der Waals surface area (Å²) in [5, 5.41) is 0. The molecule has 1 atom stereocenters. The predicted molar refractivity (Wildman–Crippen MR) is 84.7 cm³/mol. The number of carbonyl (C=O) groups is 1. The van der Waals surface area contributed by atoms with Gasteiger partial charge in [0.05, 0.1) is 0 Å². The van der Waals surface area contributed by atoms with Crippen LogP contribution in [0.3, 0.4) is 0 Å². The lowest BCUT2D eigenvalue weighted by Gasteiger charge is -2.31. The minimum absolute atomic E-state index is 0.0675. The Morgan fingerprint density at radius 2 is 1.70 bits per heavy atom. The molecule has 0 aliphatic rings. The number of hydrazine groups is 1. The number of hydrogen-bond acceptors (Lipinski definition) is 2. The van der Waals surface area contributed by atoms with E-state index in [1.54, 1.807) is 0 Å². The van der Waals surface area contributed by atoms with E-state index in [2.05, 4.69) is 44.6 Å². The Hall–Kier alpha value is -1.35. The topological polar surface area (TPSA) is 41.1 Å². The van der Waals surface area contributed by atoms with Crippen molar-refractivity contribution in [2.75, 3.05) is 0 Å². The summed E-state index contributed by atoms with van der Waals surface area (Å²) < 4.78 is 0. The average molecular weight is 276 g/mol. The standard InChI is InChI=1S/C17H28N2O/c1-7-8-15(17(4,5)6)18-19-16(20)14-10-12(2)9-13(3)11-14/h9-11,15,18H,7-8H2,1-6H3,(H,19,20)/t15-/m0/s1. The van der Waals surface area contributed by atoms with Crippen LogP contribution < -0.4 is 10.9 Å². The van der Waals surface area contributed by atoms with Gasteiger partial charge >= 0.3 is 0 Å². The fourth-order valence-corrected chi connectivity index (χ4v) is 2.34. The minimum Gasteiger partial charge on any atom is -0.287 e. The monoisotopic (exact) mass is 276 g/mol. The largest absolute Gasteiger partial charge is 0.287 e. The van der Waals surface area contributed by atoms with E-state index in [9.17, 15) is 4.79 Å². The van der Waals surface area contributed by atoms with Gasteiger partial charge in [-0.2, -0.15) is 0 Å². The molecule has 112 valence electrons. The molecule has 0 bridgehead atoms. The first-order chi connectivity index (χ1) is 9.24. The molecule has 0 heterocycles. The Morgan fingerprint density at radius 1 is 1.15 bits per heavy atom. The van der Waals surface area contributed by atoms with Gasteiger partial charge in [-0.3, -0.25) is 10.2 Å². The second-order valence-electron chi connectivity index (χ2n) is 6.68. The third-order valence-corrected chi connectivity index (χ3v) is 3.47. The van der Waals surface area contributed by atoms with E-state index in [0.29, 0.717) is 5.56 Å². The van der Waals surface area contributed by atoms with Crippen molar-refractivity contribution >= 4 is 5.91 Å². The van der Waals surface area contributed by atoms with Crippen molar-refractivity contribution in [2.45, 2.75) is 60.4 Å². The summed E-state index contributed by atoms with van der Waals surface area (Å²) >= 11 is 0. The van der Waals surface area contributed by atoms with Gasteiger partial charge in [-0.05, 0) is 37.8 Å². The number of nitrogens with one attached hydrogen (secondary N) is 2. The summed E-state index contributed by atoms with van der Waals surface area (Å²) in [6.45, 7) is 12.7. The summed E-state index contributed by atoms with van der Waals surface area (Å²) in [6.07, 6.45) is 2.13. The van der Waals surface area contributed by atoms with E-state index in [1.807, 2.05) is 26.0 Å². The quantitative estimate of drug-likeness (QED) is 0.804. The van der Waals surface area contributed by atoms with Crippen molar-refractivity contribution in [1.82, 2.24) is 10.9 Å². The number of aryl methyl sites for hydroxylation is 2. The van der Waals surface area contributed by atoms with Crippen molar-refractivity contribution < 1.29 is 4.79 Å². The van der Waals surface area contributed by atoms with Crippen molar-refractivity contribution in [2.24, 2.45) is 5.41 Å². The molecule has 0 saturated heterocycles.